The number of fused-ring (bicyclic) bond motifs is 1. The predicted octanol–water partition coefficient (Wildman–Crippen LogP) is 1.09. The van der Waals surface area contributed by atoms with Gasteiger partial charge in [-0.3, -0.25) is 4.21 Å². The van der Waals surface area contributed by atoms with Gasteiger partial charge in [-0.1, -0.05) is 0 Å². The number of hydrogen-bond donors (Lipinski definition) is 1. The van der Waals surface area contributed by atoms with E-state index in [2.05, 4.69) is 9.97 Å². The van der Waals surface area contributed by atoms with E-state index in [0.29, 0.717) is 16.8 Å². The van der Waals surface area contributed by atoms with Crippen LogP contribution in [0.1, 0.15) is 13.8 Å². The average Bonchev–Trinajstić information content (AvgIpc) is 2.86. The molecule has 2 aromatic rings. The van der Waals surface area contributed by atoms with Crippen LogP contribution in [0.4, 0.5) is 0 Å². The lowest BCUT2D eigenvalue weighted by Crippen LogP contribution is -2.51. The summed E-state index contributed by atoms with van der Waals surface area (Å²) in [4.78, 5) is 7.23. The molecular weight excluding hydrogens is 310 g/mol. The van der Waals surface area contributed by atoms with E-state index in [9.17, 15) is 12.6 Å². The summed E-state index contributed by atoms with van der Waals surface area (Å²) in [5.41, 5.74) is 0.552. The highest BCUT2D eigenvalue weighted by Gasteiger charge is 2.39. The van der Waals surface area contributed by atoms with Gasteiger partial charge in [0.05, 0.1) is 4.75 Å². The molecule has 6 nitrogen and oxygen atoms in total. The van der Waals surface area contributed by atoms with Crippen molar-refractivity contribution in [3.8, 4) is 0 Å². The molecule has 1 aliphatic heterocycles. The quantitative estimate of drug-likeness (QED) is 0.895. The van der Waals surface area contributed by atoms with Crippen molar-refractivity contribution in [2.75, 3.05) is 18.8 Å². The summed E-state index contributed by atoms with van der Waals surface area (Å²) in [7, 11) is -4.62. The standard InChI is InChI=1S/C13H17N3O3S2/c1-13(2)9-16(6-7-20(13)17)21(18,19)11-8-15-12-10(11)4-3-5-14-12/h3-5,8H,6-7,9H2,1-2H3,(H,14,15)/t20-/m1/s1. The molecular formula is C13H17N3O3S2. The Morgan fingerprint density at radius 3 is 2.90 bits per heavy atom. The highest BCUT2D eigenvalue weighted by atomic mass is 32.2. The van der Waals surface area contributed by atoms with E-state index in [1.54, 1.807) is 18.3 Å². The predicted molar refractivity (Wildman–Crippen MR) is 81.9 cm³/mol. The monoisotopic (exact) mass is 327 g/mol. The molecule has 0 unspecified atom stereocenters. The largest absolute Gasteiger partial charge is 0.345 e. The van der Waals surface area contributed by atoms with Crippen molar-refractivity contribution in [3.05, 3.63) is 24.5 Å². The fraction of sp³-hybridized carbons (Fsp3) is 0.462. The Labute approximate surface area is 126 Å². The van der Waals surface area contributed by atoms with Gasteiger partial charge in [-0.15, -0.1) is 0 Å². The molecule has 1 atom stereocenters. The molecule has 1 aliphatic rings. The van der Waals surface area contributed by atoms with Gasteiger partial charge < -0.3 is 4.98 Å². The van der Waals surface area contributed by atoms with E-state index in [-0.39, 0.29) is 18.0 Å². The zero-order valence-electron chi connectivity index (χ0n) is 11.9. The molecule has 0 radical (unpaired) electrons. The van der Waals surface area contributed by atoms with E-state index >= 15 is 0 Å². The van der Waals surface area contributed by atoms with Gasteiger partial charge in [-0.25, -0.2) is 13.4 Å². The maximum atomic E-state index is 12.8. The molecule has 0 bridgehead atoms. The Balaban J connectivity index is 2.03. The van der Waals surface area contributed by atoms with Crippen molar-refractivity contribution in [1.82, 2.24) is 14.3 Å². The summed E-state index contributed by atoms with van der Waals surface area (Å²) < 4.78 is 38.5. The topological polar surface area (TPSA) is 83.1 Å². The van der Waals surface area contributed by atoms with E-state index in [1.165, 1.54) is 10.5 Å². The first-order valence-corrected chi connectivity index (χ1v) is 9.39. The minimum Gasteiger partial charge on any atom is -0.345 e. The summed E-state index contributed by atoms with van der Waals surface area (Å²) in [6.07, 6.45) is 3.09. The molecule has 1 fully saturated rings. The fourth-order valence-electron chi connectivity index (χ4n) is 2.53. The SMILES string of the molecule is CC1(C)CN(S(=O)(=O)c2c[nH]c3ncccc23)CC[S@]1=O. The molecule has 0 amide bonds. The third kappa shape index (κ3) is 2.41. The van der Waals surface area contributed by atoms with Crippen LogP contribution in [0, 0.1) is 0 Å². The molecule has 3 heterocycles. The van der Waals surface area contributed by atoms with Crippen LogP contribution in [0.25, 0.3) is 11.0 Å². The zero-order chi connectivity index (χ0) is 15.3. The molecule has 8 heteroatoms. The van der Waals surface area contributed by atoms with Crippen LogP contribution >= 0.6 is 0 Å². The summed E-state index contributed by atoms with van der Waals surface area (Å²) in [5.74, 6) is 0.368. The number of aromatic nitrogens is 2. The molecule has 3 rings (SSSR count). The Bertz CT molecular complexity index is 811. The first-order valence-electron chi connectivity index (χ1n) is 6.63. The molecule has 2 aromatic heterocycles. The maximum absolute atomic E-state index is 12.8. The lowest BCUT2D eigenvalue weighted by atomic mass is 10.2. The van der Waals surface area contributed by atoms with Gasteiger partial charge in [0.25, 0.3) is 0 Å². The summed E-state index contributed by atoms with van der Waals surface area (Å²) in [6.45, 7) is 4.21. The van der Waals surface area contributed by atoms with Crippen LogP contribution in [0.5, 0.6) is 0 Å². The van der Waals surface area contributed by atoms with Gasteiger partial charge in [-0.05, 0) is 26.0 Å². The first-order chi connectivity index (χ1) is 9.82. The number of H-pyrrole nitrogens is 1. The van der Waals surface area contributed by atoms with Crippen LogP contribution in [-0.4, -0.2) is 50.5 Å². The second kappa shape index (κ2) is 4.89. The molecule has 21 heavy (non-hydrogen) atoms. The van der Waals surface area contributed by atoms with E-state index in [1.807, 2.05) is 13.8 Å². The molecule has 0 spiro atoms. The molecule has 1 saturated heterocycles. The number of rotatable bonds is 2. The molecule has 0 aromatic carbocycles. The lowest BCUT2D eigenvalue weighted by molar-refractivity contribution is 0.379. The third-order valence-corrected chi connectivity index (χ3v) is 7.53. The van der Waals surface area contributed by atoms with Crippen LogP contribution in [-0.2, 0) is 20.8 Å². The van der Waals surface area contributed by atoms with Crippen LogP contribution in [0.15, 0.2) is 29.4 Å². The Hall–Kier alpha value is -1.25. The van der Waals surface area contributed by atoms with Crippen LogP contribution in [0.3, 0.4) is 0 Å². The van der Waals surface area contributed by atoms with Gasteiger partial charge in [0.2, 0.25) is 10.0 Å². The minimum atomic E-state index is -3.61. The molecule has 114 valence electrons. The maximum Gasteiger partial charge on any atom is 0.245 e. The van der Waals surface area contributed by atoms with Crippen molar-refractivity contribution in [2.45, 2.75) is 23.5 Å². The number of aromatic amines is 1. The normalized spacial score (nSPS) is 23.4. The van der Waals surface area contributed by atoms with Crippen LogP contribution in [0.2, 0.25) is 0 Å². The van der Waals surface area contributed by atoms with Gasteiger partial charge in [0.15, 0.2) is 0 Å². The number of nitrogens with one attached hydrogen (secondary N) is 1. The van der Waals surface area contributed by atoms with Gasteiger partial charge >= 0.3 is 0 Å². The van der Waals surface area contributed by atoms with Crippen molar-refractivity contribution in [1.29, 1.82) is 0 Å². The van der Waals surface area contributed by atoms with Gasteiger partial charge in [-0.2, -0.15) is 4.31 Å². The Kier molecular flexibility index (Phi) is 3.42. The smallest absolute Gasteiger partial charge is 0.245 e. The fourth-order valence-corrected chi connectivity index (χ4v) is 5.71. The van der Waals surface area contributed by atoms with E-state index < -0.39 is 25.6 Å². The van der Waals surface area contributed by atoms with Crippen molar-refractivity contribution < 1.29 is 12.6 Å². The zero-order valence-corrected chi connectivity index (χ0v) is 13.5. The number of pyridine rings is 1. The molecule has 1 N–H and O–H groups in total. The Morgan fingerprint density at radius 2 is 2.19 bits per heavy atom. The van der Waals surface area contributed by atoms with Gasteiger partial charge in [0, 0.05) is 47.4 Å². The minimum absolute atomic E-state index is 0.231. The van der Waals surface area contributed by atoms with Crippen molar-refractivity contribution in [3.63, 3.8) is 0 Å². The highest BCUT2D eigenvalue weighted by molar-refractivity contribution is 7.90. The number of sulfonamides is 1. The second-order valence-corrected chi connectivity index (χ2v) is 9.81. The van der Waals surface area contributed by atoms with E-state index in [4.69, 9.17) is 0 Å². The number of hydrogen-bond acceptors (Lipinski definition) is 4. The molecule has 0 saturated carbocycles. The average molecular weight is 327 g/mol. The van der Waals surface area contributed by atoms with Crippen molar-refractivity contribution >= 4 is 31.9 Å². The van der Waals surface area contributed by atoms with E-state index in [0.717, 1.165) is 0 Å². The summed E-state index contributed by atoms with van der Waals surface area (Å²) >= 11 is 0. The lowest BCUT2D eigenvalue weighted by Gasteiger charge is -2.36. The van der Waals surface area contributed by atoms with Crippen LogP contribution < -0.4 is 0 Å². The highest BCUT2D eigenvalue weighted by Crippen LogP contribution is 2.29. The molecule has 0 aliphatic carbocycles. The summed E-state index contributed by atoms with van der Waals surface area (Å²) in [5, 5.41) is 0.585. The Morgan fingerprint density at radius 1 is 1.43 bits per heavy atom. The third-order valence-electron chi connectivity index (χ3n) is 3.73. The number of nitrogens with zero attached hydrogens (tertiary/aromatic N) is 2. The van der Waals surface area contributed by atoms with Crippen molar-refractivity contribution in [2.24, 2.45) is 0 Å². The second-order valence-electron chi connectivity index (χ2n) is 5.70. The van der Waals surface area contributed by atoms with Gasteiger partial charge in [0.1, 0.15) is 10.5 Å². The first kappa shape index (κ1) is 14.7. The summed E-state index contributed by atoms with van der Waals surface area (Å²) in [6, 6.07) is 3.45.